The van der Waals surface area contributed by atoms with Gasteiger partial charge in [-0.15, -0.1) is 0 Å². The van der Waals surface area contributed by atoms with Crippen LogP contribution in [0.3, 0.4) is 0 Å². The molecule has 4 nitrogen and oxygen atoms in total. The first-order chi connectivity index (χ1) is 5.58. The van der Waals surface area contributed by atoms with Crippen molar-refractivity contribution in [3.8, 4) is 6.07 Å². The average molecular weight is 168 g/mol. The third kappa shape index (κ3) is 2.12. The summed E-state index contributed by atoms with van der Waals surface area (Å²) in [5.41, 5.74) is -0.619. The Morgan fingerprint density at radius 1 is 1.67 bits per heavy atom. The second kappa shape index (κ2) is 3.02. The van der Waals surface area contributed by atoms with Crippen molar-refractivity contribution in [3.63, 3.8) is 0 Å². The quantitative estimate of drug-likeness (QED) is 0.673. The number of carbonyl (C=O) groups is 1. The maximum Gasteiger partial charge on any atom is 0.408 e. The highest BCUT2D eigenvalue weighted by molar-refractivity contribution is 5.70. The number of hydrogen-bond donors (Lipinski definition) is 1. The lowest BCUT2D eigenvalue weighted by Crippen LogP contribution is -2.37. The fourth-order valence-corrected chi connectivity index (χ4v) is 0.829. The molecule has 0 bridgehead atoms. The van der Waals surface area contributed by atoms with Gasteiger partial charge in [0.25, 0.3) is 0 Å². The molecular formula is C8H12N2O2. The largest absolute Gasteiger partial charge is 0.447 e. The SMILES string of the molecule is CC(C)OC(=O)NC1(C#N)CC1. The second-order valence-corrected chi connectivity index (χ2v) is 3.27. The van der Waals surface area contributed by atoms with Crippen LogP contribution in [0.5, 0.6) is 0 Å². The highest BCUT2D eigenvalue weighted by atomic mass is 16.6. The zero-order chi connectivity index (χ0) is 9.19. The Bertz CT molecular complexity index is 226. The molecule has 0 aromatic carbocycles. The van der Waals surface area contributed by atoms with Crippen LogP contribution in [0.25, 0.3) is 0 Å². The number of nitrogens with one attached hydrogen (secondary N) is 1. The van der Waals surface area contributed by atoms with E-state index in [0.717, 1.165) is 12.8 Å². The summed E-state index contributed by atoms with van der Waals surface area (Å²) in [7, 11) is 0. The van der Waals surface area contributed by atoms with Gasteiger partial charge in [-0.25, -0.2) is 4.79 Å². The number of ether oxygens (including phenoxy) is 1. The van der Waals surface area contributed by atoms with Gasteiger partial charge >= 0.3 is 6.09 Å². The zero-order valence-corrected chi connectivity index (χ0v) is 7.26. The van der Waals surface area contributed by atoms with Gasteiger partial charge in [0.1, 0.15) is 5.54 Å². The standard InChI is InChI=1S/C8H12N2O2/c1-6(2)12-7(11)10-8(5-9)3-4-8/h6H,3-4H2,1-2H3,(H,10,11). The van der Waals surface area contributed by atoms with Crippen molar-refractivity contribution in [1.82, 2.24) is 5.32 Å². The molecule has 1 aliphatic rings. The Kier molecular flexibility index (Phi) is 2.22. The molecule has 0 radical (unpaired) electrons. The molecule has 0 heterocycles. The first-order valence-electron chi connectivity index (χ1n) is 3.98. The third-order valence-electron chi connectivity index (χ3n) is 1.65. The van der Waals surface area contributed by atoms with E-state index in [-0.39, 0.29) is 6.10 Å². The summed E-state index contributed by atoms with van der Waals surface area (Å²) in [5.74, 6) is 0. The molecule has 1 saturated carbocycles. The van der Waals surface area contributed by atoms with Crippen molar-refractivity contribution >= 4 is 6.09 Å². The lowest BCUT2D eigenvalue weighted by atomic mass is 10.3. The average Bonchev–Trinajstić information content (AvgIpc) is 2.67. The molecule has 1 rings (SSSR count). The van der Waals surface area contributed by atoms with Crippen LogP contribution in [0.4, 0.5) is 4.79 Å². The smallest absolute Gasteiger partial charge is 0.408 e. The summed E-state index contributed by atoms with van der Waals surface area (Å²) in [5, 5.41) is 11.1. The normalized spacial score (nSPS) is 18.2. The number of rotatable bonds is 2. The van der Waals surface area contributed by atoms with Crippen LogP contribution in [0.2, 0.25) is 0 Å². The number of carbonyl (C=O) groups excluding carboxylic acids is 1. The maximum atomic E-state index is 11.0. The monoisotopic (exact) mass is 168 g/mol. The fraction of sp³-hybridized carbons (Fsp3) is 0.750. The minimum absolute atomic E-state index is 0.139. The van der Waals surface area contributed by atoms with Gasteiger partial charge in [0.05, 0.1) is 12.2 Å². The number of amides is 1. The van der Waals surface area contributed by atoms with Crippen molar-refractivity contribution in [2.75, 3.05) is 0 Å². The Balaban J connectivity index is 2.33. The van der Waals surface area contributed by atoms with Crippen LogP contribution in [0.1, 0.15) is 26.7 Å². The maximum absolute atomic E-state index is 11.0. The van der Waals surface area contributed by atoms with Crippen LogP contribution in [-0.2, 0) is 4.74 Å². The van der Waals surface area contributed by atoms with Crippen LogP contribution in [-0.4, -0.2) is 17.7 Å². The molecular weight excluding hydrogens is 156 g/mol. The lowest BCUT2D eigenvalue weighted by molar-refractivity contribution is 0.113. The van der Waals surface area contributed by atoms with Crippen LogP contribution in [0.15, 0.2) is 0 Å². The summed E-state index contributed by atoms with van der Waals surface area (Å²) in [6.07, 6.45) is 0.830. The van der Waals surface area contributed by atoms with Gasteiger partial charge in [-0.1, -0.05) is 0 Å². The molecule has 4 heteroatoms. The van der Waals surface area contributed by atoms with Crippen LogP contribution in [0, 0.1) is 11.3 Å². The van der Waals surface area contributed by atoms with Gasteiger partial charge in [-0.2, -0.15) is 5.26 Å². The molecule has 0 aromatic rings. The predicted octanol–water partition coefficient (Wildman–Crippen LogP) is 1.18. The fourth-order valence-electron chi connectivity index (χ4n) is 0.829. The van der Waals surface area contributed by atoms with E-state index in [4.69, 9.17) is 10.00 Å². The minimum Gasteiger partial charge on any atom is -0.447 e. The van der Waals surface area contributed by atoms with E-state index < -0.39 is 11.6 Å². The number of hydrogen-bond acceptors (Lipinski definition) is 3. The number of nitriles is 1. The van der Waals surface area contributed by atoms with E-state index >= 15 is 0 Å². The minimum atomic E-state index is -0.619. The van der Waals surface area contributed by atoms with Crippen molar-refractivity contribution in [3.05, 3.63) is 0 Å². The molecule has 0 spiro atoms. The van der Waals surface area contributed by atoms with Gasteiger partial charge in [-0.3, -0.25) is 0 Å². The highest BCUT2D eigenvalue weighted by Gasteiger charge is 2.45. The summed E-state index contributed by atoms with van der Waals surface area (Å²) in [4.78, 5) is 11.0. The van der Waals surface area contributed by atoms with Gasteiger partial charge in [0.15, 0.2) is 0 Å². The Morgan fingerprint density at radius 2 is 2.25 bits per heavy atom. The van der Waals surface area contributed by atoms with E-state index in [9.17, 15) is 4.79 Å². The van der Waals surface area contributed by atoms with Gasteiger partial charge in [0.2, 0.25) is 0 Å². The molecule has 1 amide bonds. The summed E-state index contributed by atoms with van der Waals surface area (Å²) in [6.45, 7) is 3.54. The van der Waals surface area contributed by atoms with E-state index in [1.165, 1.54) is 0 Å². The van der Waals surface area contributed by atoms with Gasteiger partial charge < -0.3 is 10.1 Å². The van der Waals surface area contributed by atoms with E-state index in [0.29, 0.717) is 0 Å². The van der Waals surface area contributed by atoms with Crippen LogP contribution >= 0.6 is 0 Å². The lowest BCUT2D eigenvalue weighted by Gasteiger charge is -2.11. The first kappa shape index (κ1) is 8.85. The van der Waals surface area contributed by atoms with Crippen molar-refractivity contribution in [2.45, 2.75) is 38.3 Å². The molecule has 0 aliphatic heterocycles. The Morgan fingerprint density at radius 3 is 2.58 bits per heavy atom. The molecule has 0 saturated heterocycles. The Hall–Kier alpha value is -1.24. The molecule has 0 aromatic heterocycles. The van der Waals surface area contributed by atoms with E-state index in [1.54, 1.807) is 13.8 Å². The number of alkyl carbamates (subject to hydrolysis) is 1. The molecule has 0 unspecified atom stereocenters. The van der Waals surface area contributed by atoms with Crippen molar-refractivity contribution in [1.29, 1.82) is 5.26 Å². The van der Waals surface area contributed by atoms with E-state index in [2.05, 4.69) is 5.32 Å². The topological polar surface area (TPSA) is 62.1 Å². The van der Waals surface area contributed by atoms with Crippen molar-refractivity contribution < 1.29 is 9.53 Å². The van der Waals surface area contributed by atoms with E-state index in [1.807, 2.05) is 6.07 Å². The van der Waals surface area contributed by atoms with Gasteiger partial charge in [0, 0.05) is 0 Å². The number of nitrogens with zero attached hydrogens (tertiary/aromatic N) is 1. The molecule has 0 atom stereocenters. The summed E-state index contributed by atoms with van der Waals surface area (Å²) < 4.78 is 4.83. The Labute approximate surface area is 71.5 Å². The summed E-state index contributed by atoms with van der Waals surface area (Å²) >= 11 is 0. The predicted molar refractivity (Wildman–Crippen MR) is 42.3 cm³/mol. The zero-order valence-electron chi connectivity index (χ0n) is 7.26. The highest BCUT2D eigenvalue weighted by Crippen LogP contribution is 2.34. The van der Waals surface area contributed by atoms with Gasteiger partial charge in [-0.05, 0) is 26.7 Å². The van der Waals surface area contributed by atoms with Crippen molar-refractivity contribution in [2.24, 2.45) is 0 Å². The molecule has 12 heavy (non-hydrogen) atoms. The molecule has 66 valence electrons. The van der Waals surface area contributed by atoms with Crippen LogP contribution < -0.4 is 5.32 Å². The molecule has 1 N–H and O–H groups in total. The first-order valence-corrected chi connectivity index (χ1v) is 3.98. The second-order valence-electron chi connectivity index (χ2n) is 3.27. The molecule has 1 fully saturated rings. The third-order valence-corrected chi connectivity index (χ3v) is 1.65. The molecule has 1 aliphatic carbocycles. The summed E-state index contributed by atoms with van der Waals surface area (Å²) in [6, 6.07) is 2.04.